The quantitative estimate of drug-likeness (QED) is 0.197. The highest BCUT2D eigenvalue weighted by atomic mass is 16.3. The molecule has 2 heteroatoms. The van der Waals surface area contributed by atoms with Gasteiger partial charge in [-0.25, -0.2) is 0 Å². The summed E-state index contributed by atoms with van der Waals surface area (Å²) in [6.45, 7) is 0. The van der Waals surface area contributed by atoms with Crippen molar-refractivity contribution < 1.29 is 8.83 Å². The Balaban J connectivity index is 1.34. The Kier molecular flexibility index (Phi) is 4.75. The minimum Gasteiger partial charge on any atom is -0.456 e. The van der Waals surface area contributed by atoms with Gasteiger partial charge < -0.3 is 8.83 Å². The van der Waals surface area contributed by atoms with E-state index in [1.807, 2.05) is 6.07 Å². The molecule has 2 heterocycles. The van der Waals surface area contributed by atoms with Crippen LogP contribution in [0.1, 0.15) is 0 Å². The number of rotatable bonds is 2. The van der Waals surface area contributed by atoms with Crippen molar-refractivity contribution in [1.82, 2.24) is 0 Å². The summed E-state index contributed by atoms with van der Waals surface area (Å²) in [4.78, 5) is 0. The number of hydrogen-bond donors (Lipinski definition) is 0. The molecule has 0 saturated carbocycles. The van der Waals surface area contributed by atoms with Gasteiger partial charge in [0, 0.05) is 21.5 Å². The van der Waals surface area contributed by atoms with Gasteiger partial charge in [0.15, 0.2) is 0 Å². The van der Waals surface area contributed by atoms with E-state index in [2.05, 4.69) is 140 Å². The van der Waals surface area contributed by atoms with Crippen LogP contribution in [-0.4, -0.2) is 0 Å². The van der Waals surface area contributed by atoms with Crippen molar-refractivity contribution in [3.63, 3.8) is 0 Å². The number of para-hydroxylation sites is 1. The predicted molar refractivity (Wildman–Crippen MR) is 184 cm³/mol. The van der Waals surface area contributed by atoms with Crippen LogP contribution >= 0.6 is 0 Å². The molecule has 0 saturated heterocycles. The predicted octanol–water partition coefficient (Wildman–Crippen LogP) is 12.3. The van der Waals surface area contributed by atoms with Crippen LogP contribution in [0.15, 0.2) is 154 Å². The second-order valence-corrected chi connectivity index (χ2v) is 11.6. The van der Waals surface area contributed by atoms with Gasteiger partial charge in [-0.3, -0.25) is 0 Å². The molecule has 0 bridgehead atoms. The van der Waals surface area contributed by atoms with Crippen molar-refractivity contribution >= 4 is 76.2 Å². The van der Waals surface area contributed by atoms with E-state index in [0.717, 1.165) is 38.5 Å². The molecule has 10 rings (SSSR count). The average Bonchev–Trinajstić information content (AvgIpc) is 3.65. The Labute approximate surface area is 252 Å². The van der Waals surface area contributed by atoms with Gasteiger partial charge in [0.25, 0.3) is 0 Å². The van der Waals surface area contributed by atoms with Gasteiger partial charge in [-0.2, -0.15) is 0 Å². The topological polar surface area (TPSA) is 26.3 Å². The molecule has 0 N–H and O–H groups in total. The number of hydrogen-bond acceptors (Lipinski definition) is 2. The van der Waals surface area contributed by atoms with Crippen LogP contribution in [0.3, 0.4) is 0 Å². The lowest BCUT2D eigenvalue weighted by Crippen LogP contribution is -1.91. The summed E-state index contributed by atoms with van der Waals surface area (Å²) in [7, 11) is 0. The fraction of sp³-hybridized carbons (Fsp3) is 0. The minimum absolute atomic E-state index is 0.906. The maximum atomic E-state index is 6.36. The van der Waals surface area contributed by atoms with Gasteiger partial charge in [0.05, 0.1) is 0 Å². The molecule has 204 valence electrons. The molecule has 2 aromatic heterocycles. The van der Waals surface area contributed by atoms with Crippen LogP contribution in [0.2, 0.25) is 0 Å². The van der Waals surface area contributed by atoms with E-state index in [1.165, 1.54) is 60.0 Å². The van der Waals surface area contributed by atoms with Crippen LogP contribution in [-0.2, 0) is 0 Å². The van der Waals surface area contributed by atoms with Crippen molar-refractivity contribution in [3.05, 3.63) is 146 Å². The average molecular weight is 561 g/mol. The maximum Gasteiger partial charge on any atom is 0.136 e. The summed E-state index contributed by atoms with van der Waals surface area (Å²) in [5, 5.41) is 11.9. The van der Waals surface area contributed by atoms with Crippen molar-refractivity contribution in [2.45, 2.75) is 0 Å². The highest BCUT2D eigenvalue weighted by molar-refractivity contribution is 6.26. The standard InChI is InChI=1S/C42H24O2/c1-2-11-27-25(10-1)20-23-38-41(27)34-24-26(21-22-36(34)44-38)39-28-12-3-5-14-30(28)40(31-15-6-4-13-29(31)39)33-17-9-19-37-42(33)32-16-7-8-18-35(32)43-37/h1-24H. The molecule has 0 atom stereocenters. The molecule has 0 unspecified atom stereocenters. The van der Waals surface area contributed by atoms with E-state index in [0.29, 0.717) is 0 Å². The summed E-state index contributed by atoms with van der Waals surface area (Å²) < 4.78 is 12.7. The molecule has 0 fully saturated rings. The lowest BCUT2D eigenvalue weighted by molar-refractivity contribution is 0.668. The van der Waals surface area contributed by atoms with Crippen LogP contribution in [0.25, 0.3) is 98.4 Å². The molecule has 8 aromatic carbocycles. The molecule has 0 aliphatic heterocycles. The van der Waals surface area contributed by atoms with E-state index in [4.69, 9.17) is 8.83 Å². The van der Waals surface area contributed by atoms with Gasteiger partial charge in [-0.15, -0.1) is 0 Å². The van der Waals surface area contributed by atoms with Gasteiger partial charge in [0.2, 0.25) is 0 Å². The summed E-state index contributed by atoms with van der Waals surface area (Å²) in [6, 6.07) is 51.9. The van der Waals surface area contributed by atoms with E-state index < -0.39 is 0 Å². The Bertz CT molecular complexity index is 2720. The zero-order valence-electron chi connectivity index (χ0n) is 23.7. The third-order valence-corrected chi connectivity index (χ3v) is 9.25. The molecule has 10 aromatic rings. The molecule has 0 radical (unpaired) electrons. The summed E-state index contributed by atoms with van der Waals surface area (Å²) in [6.07, 6.45) is 0. The Morgan fingerprint density at radius 3 is 1.61 bits per heavy atom. The zero-order valence-corrected chi connectivity index (χ0v) is 23.7. The van der Waals surface area contributed by atoms with Crippen molar-refractivity contribution in [3.8, 4) is 22.3 Å². The van der Waals surface area contributed by atoms with E-state index in [-0.39, 0.29) is 0 Å². The number of furan rings is 2. The van der Waals surface area contributed by atoms with E-state index in [9.17, 15) is 0 Å². The minimum atomic E-state index is 0.906. The molecule has 0 spiro atoms. The first kappa shape index (κ1) is 23.7. The van der Waals surface area contributed by atoms with Gasteiger partial charge in [-0.1, -0.05) is 115 Å². The normalized spacial score (nSPS) is 12.1. The number of fused-ring (bicyclic) bond motifs is 10. The first-order valence-corrected chi connectivity index (χ1v) is 15.0. The Morgan fingerprint density at radius 2 is 0.864 bits per heavy atom. The number of benzene rings is 8. The SMILES string of the molecule is c1ccc2c(c1)ccc1oc3ccc(-c4c5ccccc5c(-c5cccc6oc7ccccc7c56)c5ccccc45)cc3c12. The largest absolute Gasteiger partial charge is 0.456 e. The van der Waals surface area contributed by atoms with Crippen LogP contribution in [0.4, 0.5) is 0 Å². The monoisotopic (exact) mass is 560 g/mol. The first-order chi connectivity index (χ1) is 21.8. The fourth-order valence-corrected chi connectivity index (χ4v) is 7.42. The van der Waals surface area contributed by atoms with Crippen molar-refractivity contribution in [2.24, 2.45) is 0 Å². The maximum absolute atomic E-state index is 6.36. The molecule has 0 aliphatic carbocycles. The van der Waals surface area contributed by atoms with Crippen LogP contribution < -0.4 is 0 Å². The summed E-state index contributed by atoms with van der Waals surface area (Å²) in [5.74, 6) is 0. The third-order valence-electron chi connectivity index (χ3n) is 9.25. The Morgan fingerprint density at radius 1 is 0.318 bits per heavy atom. The van der Waals surface area contributed by atoms with Crippen LogP contribution in [0, 0.1) is 0 Å². The first-order valence-electron chi connectivity index (χ1n) is 15.0. The van der Waals surface area contributed by atoms with Gasteiger partial charge in [-0.05, 0) is 84.9 Å². The second-order valence-electron chi connectivity index (χ2n) is 11.6. The van der Waals surface area contributed by atoms with Crippen molar-refractivity contribution in [2.75, 3.05) is 0 Å². The lowest BCUT2D eigenvalue weighted by Gasteiger charge is -2.18. The molecule has 44 heavy (non-hydrogen) atoms. The molecule has 2 nitrogen and oxygen atoms in total. The smallest absolute Gasteiger partial charge is 0.136 e. The molecular weight excluding hydrogens is 536 g/mol. The third kappa shape index (κ3) is 3.20. The molecule has 0 amide bonds. The van der Waals surface area contributed by atoms with Crippen molar-refractivity contribution in [1.29, 1.82) is 0 Å². The molecular formula is C42H24O2. The second kappa shape index (κ2) is 8.82. The molecule has 0 aliphatic rings. The zero-order chi connectivity index (χ0) is 28.8. The highest BCUT2D eigenvalue weighted by Gasteiger charge is 2.21. The highest BCUT2D eigenvalue weighted by Crippen LogP contribution is 2.47. The summed E-state index contributed by atoms with van der Waals surface area (Å²) in [5.41, 5.74) is 8.48. The van der Waals surface area contributed by atoms with Crippen LogP contribution in [0.5, 0.6) is 0 Å². The van der Waals surface area contributed by atoms with Gasteiger partial charge >= 0.3 is 0 Å². The lowest BCUT2D eigenvalue weighted by atomic mass is 9.84. The summed E-state index contributed by atoms with van der Waals surface area (Å²) >= 11 is 0. The van der Waals surface area contributed by atoms with Gasteiger partial charge in [0.1, 0.15) is 22.3 Å². The van der Waals surface area contributed by atoms with E-state index in [1.54, 1.807) is 0 Å². The fourth-order valence-electron chi connectivity index (χ4n) is 7.42. The van der Waals surface area contributed by atoms with E-state index >= 15 is 0 Å². The Hall–Kier alpha value is -5.86.